The molecule has 1 aliphatic rings. The Hall–Kier alpha value is -2.70. The monoisotopic (exact) mass is 437 g/mol. The normalized spacial score (nSPS) is 14.9. The Morgan fingerprint density at radius 1 is 1.26 bits per heavy atom. The number of aromatic nitrogens is 5. The zero-order chi connectivity index (χ0) is 21.8. The van der Waals surface area contributed by atoms with Crippen molar-refractivity contribution in [2.45, 2.75) is 64.1 Å². The molecule has 1 aliphatic carbocycles. The fourth-order valence-corrected chi connectivity index (χ4v) is 4.85. The number of hydrogen-bond acceptors (Lipinski definition) is 6. The van der Waals surface area contributed by atoms with E-state index in [0.717, 1.165) is 47.8 Å². The van der Waals surface area contributed by atoms with Crippen molar-refractivity contribution < 1.29 is 4.74 Å². The minimum Gasteiger partial charge on any atom is -0.361 e. The van der Waals surface area contributed by atoms with E-state index in [4.69, 9.17) is 4.74 Å². The number of nitrogens with zero attached hydrogens (tertiary/aromatic N) is 7. The maximum atomic E-state index is 9.29. The van der Waals surface area contributed by atoms with Crippen molar-refractivity contribution in [1.82, 2.24) is 24.4 Å². The second-order valence-electron chi connectivity index (χ2n) is 9.44. The summed E-state index contributed by atoms with van der Waals surface area (Å²) in [4.78, 5) is 10.8. The Labute approximate surface area is 184 Å². The maximum Gasteiger partial charge on any atom is 0.145 e. The largest absolute Gasteiger partial charge is 0.361 e. The molecule has 3 aromatic heterocycles. The lowest BCUT2D eigenvalue weighted by molar-refractivity contribution is 0.0899. The van der Waals surface area contributed by atoms with Crippen LogP contribution in [0.25, 0.3) is 22.3 Å². The fraction of sp³-hybridized carbons (Fsp3) is 0.545. The molecule has 0 amide bonds. The van der Waals surface area contributed by atoms with Crippen LogP contribution >= 0.6 is 0 Å². The third kappa shape index (κ3) is 4.97. The molecule has 0 spiro atoms. The standard InChI is InChI=1S/C22H31N7OSi/c1-31(2,3)13-12-30-17-27-10-8-20-21(24-16-25-22(20)27)18-14-26-29(15-18)28(11-9-23)19-6-4-5-7-19/h8,10,14-16,19H,4-7,11-13,17H2,1-3H3. The van der Waals surface area contributed by atoms with Gasteiger partial charge in [0.15, 0.2) is 0 Å². The van der Waals surface area contributed by atoms with Gasteiger partial charge in [-0.1, -0.05) is 32.5 Å². The van der Waals surface area contributed by atoms with E-state index in [1.807, 2.05) is 34.0 Å². The lowest BCUT2D eigenvalue weighted by Gasteiger charge is -2.27. The third-order valence-electron chi connectivity index (χ3n) is 5.87. The van der Waals surface area contributed by atoms with Gasteiger partial charge in [-0.15, -0.1) is 0 Å². The van der Waals surface area contributed by atoms with E-state index in [0.29, 0.717) is 19.3 Å². The first-order chi connectivity index (χ1) is 15.0. The van der Waals surface area contributed by atoms with E-state index in [-0.39, 0.29) is 0 Å². The van der Waals surface area contributed by atoms with Gasteiger partial charge in [-0.3, -0.25) is 5.01 Å². The highest BCUT2D eigenvalue weighted by atomic mass is 28.3. The minimum atomic E-state index is -1.10. The predicted octanol–water partition coefficient (Wildman–Crippen LogP) is 4.01. The number of ether oxygens (including phenoxy) is 1. The summed E-state index contributed by atoms with van der Waals surface area (Å²) in [5.74, 6) is 0. The molecular weight excluding hydrogens is 406 g/mol. The van der Waals surface area contributed by atoms with E-state index < -0.39 is 8.07 Å². The average molecular weight is 438 g/mol. The van der Waals surface area contributed by atoms with Crippen molar-refractivity contribution in [1.29, 1.82) is 5.26 Å². The molecule has 164 valence electrons. The van der Waals surface area contributed by atoms with Crippen molar-refractivity contribution in [2.24, 2.45) is 0 Å². The minimum absolute atomic E-state index is 0.329. The molecule has 0 aromatic carbocycles. The third-order valence-corrected chi connectivity index (χ3v) is 7.57. The average Bonchev–Trinajstić information content (AvgIpc) is 3.50. The van der Waals surface area contributed by atoms with Crippen LogP contribution in [0.2, 0.25) is 25.7 Å². The quantitative estimate of drug-likeness (QED) is 0.286. The Bertz CT molecular complexity index is 1060. The van der Waals surface area contributed by atoms with Gasteiger partial charge in [0, 0.05) is 37.9 Å². The molecule has 4 rings (SSSR count). The second-order valence-corrected chi connectivity index (χ2v) is 15.1. The van der Waals surface area contributed by atoms with Crippen molar-refractivity contribution in [3.63, 3.8) is 0 Å². The molecule has 8 nitrogen and oxygen atoms in total. The van der Waals surface area contributed by atoms with Crippen LogP contribution in [0.1, 0.15) is 25.7 Å². The molecular formula is C22H31N7OSi. The van der Waals surface area contributed by atoms with Crippen molar-refractivity contribution in [3.8, 4) is 17.3 Å². The van der Waals surface area contributed by atoms with E-state index in [2.05, 4.69) is 45.8 Å². The highest BCUT2D eigenvalue weighted by molar-refractivity contribution is 6.76. The van der Waals surface area contributed by atoms with Gasteiger partial charge in [0.2, 0.25) is 0 Å². The van der Waals surface area contributed by atoms with Crippen molar-refractivity contribution in [2.75, 3.05) is 18.2 Å². The van der Waals surface area contributed by atoms with E-state index >= 15 is 0 Å². The highest BCUT2D eigenvalue weighted by Crippen LogP contribution is 2.27. The van der Waals surface area contributed by atoms with E-state index in [9.17, 15) is 5.26 Å². The molecule has 0 bridgehead atoms. The molecule has 3 aromatic rings. The van der Waals surface area contributed by atoms with Crippen LogP contribution in [0.4, 0.5) is 0 Å². The molecule has 1 saturated carbocycles. The van der Waals surface area contributed by atoms with Gasteiger partial charge in [-0.2, -0.15) is 15.2 Å². The topological polar surface area (TPSA) is 84.8 Å². The van der Waals surface area contributed by atoms with E-state index in [1.54, 1.807) is 6.33 Å². The summed E-state index contributed by atoms with van der Waals surface area (Å²) in [6, 6.07) is 5.83. The summed E-state index contributed by atoms with van der Waals surface area (Å²) >= 11 is 0. The number of nitriles is 1. The molecule has 0 radical (unpaired) electrons. The van der Waals surface area contributed by atoms with Gasteiger partial charge in [0.05, 0.1) is 24.2 Å². The van der Waals surface area contributed by atoms with Crippen LogP contribution in [0.5, 0.6) is 0 Å². The summed E-state index contributed by atoms with van der Waals surface area (Å²) in [5.41, 5.74) is 2.63. The SMILES string of the molecule is C[Si](C)(C)CCOCn1ccc2c(-c3cnn(N(CC#N)C4CCCC4)c3)ncnc21. The van der Waals surface area contributed by atoms with Gasteiger partial charge >= 0.3 is 0 Å². The first kappa shape index (κ1) is 21.5. The zero-order valence-electron chi connectivity index (χ0n) is 18.7. The molecule has 31 heavy (non-hydrogen) atoms. The molecule has 9 heteroatoms. The lowest BCUT2D eigenvalue weighted by Crippen LogP contribution is -2.43. The summed E-state index contributed by atoms with van der Waals surface area (Å²) in [5, 5.41) is 16.9. The molecule has 0 saturated heterocycles. The van der Waals surface area contributed by atoms with Crippen molar-refractivity contribution in [3.05, 3.63) is 31.0 Å². The van der Waals surface area contributed by atoms with Gasteiger partial charge in [0.25, 0.3) is 0 Å². The van der Waals surface area contributed by atoms with Gasteiger partial charge in [0.1, 0.15) is 25.3 Å². The van der Waals surface area contributed by atoms with Crippen molar-refractivity contribution >= 4 is 19.1 Å². The molecule has 3 heterocycles. The van der Waals surface area contributed by atoms with Gasteiger partial charge in [-0.25, -0.2) is 9.97 Å². The number of hydrogen-bond donors (Lipinski definition) is 0. The summed E-state index contributed by atoms with van der Waals surface area (Å²) in [6.07, 6.45) is 12.0. The Kier molecular flexibility index (Phi) is 6.39. The smallest absolute Gasteiger partial charge is 0.145 e. The molecule has 0 unspecified atom stereocenters. The summed E-state index contributed by atoms with van der Waals surface area (Å²) < 4.78 is 7.93. The zero-order valence-corrected chi connectivity index (χ0v) is 19.7. The van der Waals surface area contributed by atoms with Crippen LogP contribution in [0.3, 0.4) is 0 Å². The lowest BCUT2D eigenvalue weighted by atomic mass is 10.2. The first-order valence-corrected chi connectivity index (χ1v) is 14.7. The van der Waals surface area contributed by atoms with Crippen LogP contribution < -0.4 is 5.01 Å². The number of rotatable bonds is 9. The number of fused-ring (bicyclic) bond motifs is 1. The van der Waals surface area contributed by atoms with Crippen LogP contribution in [0, 0.1) is 11.3 Å². The summed E-state index contributed by atoms with van der Waals surface area (Å²) in [7, 11) is -1.10. The van der Waals surface area contributed by atoms with E-state index in [1.165, 1.54) is 12.8 Å². The van der Waals surface area contributed by atoms with Gasteiger partial charge < -0.3 is 9.30 Å². The summed E-state index contributed by atoms with van der Waals surface area (Å²) in [6.45, 7) is 8.65. The van der Waals surface area contributed by atoms with Crippen LogP contribution in [-0.2, 0) is 11.5 Å². The Morgan fingerprint density at radius 3 is 2.81 bits per heavy atom. The second kappa shape index (κ2) is 9.20. The molecule has 0 atom stereocenters. The molecule has 0 N–H and O–H groups in total. The van der Waals surface area contributed by atoms with Crippen LogP contribution in [0.15, 0.2) is 31.0 Å². The molecule has 1 fully saturated rings. The first-order valence-electron chi connectivity index (χ1n) is 11.0. The highest BCUT2D eigenvalue weighted by Gasteiger charge is 2.24. The maximum absolute atomic E-state index is 9.29. The van der Waals surface area contributed by atoms with Crippen LogP contribution in [-0.4, -0.2) is 51.7 Å². The Balaban J connectivity index is 1.54. The predicted molar refractivity (Wildman–Crippen MR) is 124 cm³/mol. The Morgan fingerprint density at radius 2 is 2.06 bits per heavy atom. The van der Waals surface area contributed by atoms with Gasteiger partial charge in [-0.05, 0) is 25.0 Å². The fourth-order valence-electron chi connectivity index (χ4n) is 4.10. The molecule has 0 aliphatic heterocycles.